The topological polar surface area (TPSA) is 103 Å². The standard InChI is InChI=1S/C20H24N4O5S/c25-19-17(6-7-18(21-19)16-4-2-1-3-5-16)20(26)22-8-10-23(11-9-22)30(27,28)24-12-14-29-15-13-24/h1-7H,8-15H2,(H,21,25). The zero-order valence-corrected chi connectivity index (χ0v) is 17.3. The number of H-pyrrole nitrogens is 1. The van der Waals surface area contributed by atoms with Crippen LogP contribution in [0.1, 0.15) is 10.4 Å². The van der Waals surface area contributed by atoms with E-state index in [1.165, 1.54) is 19.6 Å². The summed E-state index contributed by atoms with van der Waals surface area (Å²) >= 11 is 0. The van der Waals surface area contributed by atoms with E-state index in [1.54, 1.807) is 6.07 Å². The van der Waals surface area contributed by atoms with Gasteiger partial charge in [0.15, 0.2) is 0 Å². The Labute approximate surface area is 175 Å². The SMILES string of the molecule is O=C(c1ccc(-c2ccccc2)[nH]c1=O)N1CCN(S(=O)(=O)N2CCOCC2)CC1. The fourth-order valence-corrected chi connectivity index (χ4v) is 5.22. The molecule has 2 fully saturated rings. The van der Waals surface area contributed by atoms with Crippen molar-refractivity contribution in [1.82, 2.24) is 18.5 Å². The Hall–Kier alpha value is -2.53. The molecule has 1 aromatic carbocycles. The van der Waals surface area contributed by atoms with E-state index in [9.17, 15) is 18.0 Å². The number of pyridine rings is 1. The van der Waals surface area contributed by atoms with E-state index >= 15 is 0 Å². The molecule has 0 aliphatic carbocycles. The van der Waals surface area contributed by atoms with Gasteiger partial charge in [0.1, 0.15) is 5.56 Å². The van der Waals surface area contributed by atoms with E-state index in [-0.39, 0.29) is 37.6 Å². The lowest BCUT2D eigenvalue weighted by Crippen LogP contribution is -2.56. The molecule has 2 aliphatic rings. The number of amides is 1. The number of carbonyl (C=O) groups excluding carboxylic acids is 1. The predicted molar refractivity (Wildman–Crippen MR) is 111 cm³/mol. The Morgan fingerprint density at radius 1 is 0.867 bits per heavy atom. The highest BCUT2D eigenvalue weighted by atomic mass is 32.2. The highest BCUT2D eigenvalue weighted by Crippen LogP contribution is 2.17. The molecule has 4 rings (SSSR count). The van der Waals surface area contributed by atoms with E-state index < -0.39 is 15.8 Å². The normalized spacial score (nSPS) is 19.0. The van der Waals surface area contributed by atoms with Gasteiger partial charge >= 0.3 is 0 Å². The second kappa shape index (κ2) is 8.68. The van der Waals surface area contributed by atoms with Crippen LogP contribution >= 0.6 is 0 Å². The molecule has 0 bridgehead atoms. The molecule has 0 radical (unpaired) electrons. The summed E-state index contributed by atoms with van der Waals surface area (Å²) in [7, 11) is -3.56. The van der Waals surface area contributed by atoms with Crippen molar-refractivity contribution >= 4 is 16.1 Å². The summed E-state index contributed by atoms with van der Waals surface area (Å²) in [6.07, 6.45) is 0. The molecule has 2 aromatic rings. The van der Waals surface area contributed by atoms with E-state index in [1.807, 2.05) is 30.3 Å². The number of benzene rings is 1. The molecule has 0 unspecified atom stereocenters. The number of aromatic amines is 1. The van der Waals surface area contributed by atoms with Gasteiger partial charge in [-0.15, -0.1) is 0 Å². The Morgan fingerprint density at radius 2 is 1.50 bits per heavy atom. The largest absolute Gasteiger partial charge is 0.379 e. The molecule has 0 atom stereocenters. The Kier molecular flexibility index (Phi) is 6.00. The Bertz CT molecular complexity index is 1060. The minimum Gasteiger partial charge on any atom is -0.379 e. The first kappa shape index (κ1) is 20.7. The number of hydrogen-bond donors (Lipinski definition) is 1. The second-order valence-corrected chi connectivity index (χ2v) is 9.12. The highest BCUT2D eigenvalue weighted by molar-refractivity contribution is 7.86. The first-order valence-corrected chi connectivity index (χ1v) is 11.3. The van der Waals surface area contributed by atoms with Crippen molar-refractivity contribution in [2.24, 2.45) is 0 Å². The van der Waals surface area contributed by atoms with Crippen LogP contribution < -0.4 is 5.56 Å². The van der Waals surface area contributed by atoms with Crippen LogP contribution in [0.15, 0.2) is 47.3 Å². The lowest BCUT2D eigenvalue weighted by molar-refractivity contribution is 0.0635. The molecule has 30 heavy (non-hydrogen) atoms. The number of piperazine rings is 1. The molecule has 10 heteroatoms. The molecule has 1 N–H and O–H groups in total. The maximum absolute atomic E-state index is 12.8. The van der Waals surface area contributed by atoms with Gasteiger partial charge < -0.3 is 14.6 Å². The quantitative estimate of drug-likeness (QED) is 0.752. The molecular formula is C20H24N4O5S. The van der Waals surface area contributed by atoms with E-state index in [4.69, 9.17) is 4.74 Å². The fourth-order valence-electron chi connectivity index (χ4n) is 3.66. The van der Waals surface area contributed by atoms with Crippen molar-refractivity contribution in [3.8, 4) is 11.3 Å². The van der Waals surface area contributed by atoms with Crippen LogP contribution in [0.3, 0.4) is 0 Å². The zero-order chi connectivity index (χ0) is 21.1. The first-order valence-electron chi connectivity index (χ1n) is 9.88. The maximum atomic E-state index is 12.8. The summed E-state index contributed by atoms with van der Waals surface area (Å²) in [6, 6.07) is 12.6. The Balaban J connectivity index is 1.43. The average Bonchev–Trinajstić information content (AvgIpc) is 2.80. The predicted octanol–water partition coefficient (Wildman–Crippen LogP) is 0.377. The third kappa shape index (κ3) is 4.17. The number of aromatic nitrogens is 1. The number of ether oxygens (including phenoxy) is 1. The van der Waals surface area contributed by atoms with Gasteiger partial charge in [-0.25, -0.2) is 0 Å². The van der Waals surface area contributed by atoms with Crippen LogP contribution in [-0.2, 0) is 14.9 Å². The maximum Gasteiger partial charge on any atom is 0.282 e. The van der Waals surface area contributed by atoms with Crippen LogP contribution in [0, 0.1) is 0 Å². The lowest BCUT2D eigenvalue weighted by atomic mass is 10.1. The minimum atomic E-state index is -3.56. The van der Waals surface area contributed by atoms with Gasteiger partial charge in [-0.2, -0.15) is 17.0 Å². The number of hydrogen-bond acceptors (Lipinski definition) is 5. The van der Waals surface area contributed by atoms with Gasteiger partial charge in [-0.1, -0.05) is 30.3 Å². The van der Waals surface area contributed by atoms with E-state index in [2.05, 4.69) is 4.98 Å². The number of morpholine rings is 1. The third-order valence-electron chi connectivity index (χ3n) is 5.37. The minimum absolute atomic E-state index is 0.0548. The summed E-state index contributed by atoms with van der Waals surface area (Å²) < 4.78 is 33.5. The smallest absolute Gasteiger partial charge is 0.282 e. The highest BCUT2D eigenvalue weighted by Gasteiger charge is 2.34. The van der Waals surface area contributed by atoms with Crippen LogP contribution in [0.5, 0.6) is 0 Å². The van der Waals surface area contributed by atoms with E-state index in [0.717, 1.165) is 5.56 Å². The van der Waals surface area contributed by atoms with Gasteiger partial charge in [0, 0.05) is 45.0 Å². The van der Waals surface area contributed by atoms with Crippen molar-refractivity contribution in [1.29, 1.82) is 0 Å². The summed E-state index contributed by atoms with van der Waals surface area (Å²) in [6.45, 7) is 2.33. The molecule has 160 valence electrons. The fraction of sp³-hybridized carbons (Fsp3) is 0.400. The van der Waals surface area contributed by atoms with Gasteiger partial charge in [-0.3, -0.25) is 9.59 Å². The van der Waals surface area contributed by atoms with Gasteiger partial charge in [0.05, 0.1) is 13.2 Å². The summed E-state index contributed by atoms with van der Waals surface area (Å²) in [4.78, 5) is 29.6. The molecule has 9 nitrogen and oxygen atoms in total. The summed E-state index contributed by atoms with van der Waals surface area (Å²) in [5.74, 6) is -0.390. The van der Waals surface area contributed by atoms with Crippen molar-refractivity contribution in [2.45, 2.75) is 0 Å². The molecule has 1 aromatic heterocycles. The third-order valence-corrected chi connectivity index (χ3v) is 7.41. The number of nitrogens with one attached hydrogen (secondary N) is 1. The van der Waals surface area contributed by atoms with Crippen LogP contribution in [0.2, 0.25) is 0 Å². The van der Waals surface area contributed by atoms with Gasteiger partial charge in [-0.05, 0) is 17.7 Å². The number of nitrogens with zero attached hydrogens (tertiary/aromatic N) is 3. The van der Waals surface area contributed by atoms with Crippen molar-refractivity contribution < 1.29 is 17.9 Å². The zero-order valence-electron chi connectivity index (χ0n) is 16.5. The lowest BCUT2D eigenvalue weighted by Gasteiger charge is -2.37. The average molecular weight is 433 g/mol. The Morgan fingerprint density at radius 3 is 2.13 bits per heavy atom. The number of rotatable bonds is 4. The molecule has 1 amide bonds. The van der Waals surface area contributed by atoms with Crippen LogP contribution in [0.25, 0.3) is 11.3 Å². The molecule has 0 spiro atoms. The monoisotopic (exact) mass is 432 g/mol. The van der Waals surface area contributed by atoms with E-state index in [0.29, 0.717) is 32.0 Å². The van der Waals surface area contributed by atoms with Crippen molar-refractivity contribution in [2.75, 3.05) is 52.5 Å². The molecular weight excluding hydrogens is 408 g/mol. The molecule has 2 saturated heterocycles. The molecule has 2 aliphatic heterocycles. The summed E-state index contributed by atoms with van der Waals surface area (Å²) in [5.41, 5.74) is 1.10. The van der Waals surface area contributed by atoms with Gasteiger partial charge in [0.2, 0.25) is 0 Å². The van der Waals surface area contributed by atoms with Gasteiger partial charge in [0.25, 0.3) is 21.7 Å². The number of carbonyl (C=O) groups is 1. The first-order chi connectivity index (χ1) is 14.5. The van der Waals surface area contributed by atoms with Crippen molar-refractivity contribution in [3.63, 3.8) is 0 Å². The van der Waals surface area contributed by atoms with Crippen LogP contribution in [0.4, 0.5) is 0 Å². The molecule has 3 heterocycles. The van der Waals surface area contributed by atoms with Crippen molar-refractivity contribution in [3.05, 3.63) is 58.4 Å². The second-order valence-electron chi connectivity index (χ2n) is 7.19. The van der Waals surface area contributed by atoms with Crippen LogP contribution in [-0.4, -0.2) is 85.3 Å². The molecule has 0 saturated carbocycles. The summed E-state index contributed by atoms with van der Waals surface area (Å²) in [5, 5.41) is 0.